The Labute approximate surface area is 201 Å². The summed E-state index contributed by atoms with van der Waals surface area (Å²) >= 11 is 0. The Morgan fingerprint density at radius 1 is 1.20 bits per heavy atom. The van der Waals surface area contributed by atoms with E-state index in [1.54, 1.807) is 13.8 Å². The molecular formula is C24H29F3N4O4. The van der Waals surface area contributed by atoms with Crippen molar-refractivity contribution in [2.45, 2.75) is 64.0 Å². The van der Waals surface area contributed by atoms with E-state index in [0.717, 1.165) is 18.9 Å². The quantitative estimate of drug-likeness (QED) is 0.532. The number of benzene rings is 1. The van der Waals surface area contributed by atoms with E-state index in [2.05, 4.69) is 20.6 Å². The van der Waals surface area contributed by atoms with Gasteiger partial charge in [-0.3, -0.25) is 4.79 Å². The number of ether oxygens (including phenoxy) is 3. The minimum absolute atomic E-state index is 0.0440. The van der Waals surface area contributed by atoms with Gasteiger partial charge < -0.3 is 24.8 Å². The first-order valence-electron chi connectivity index (χ1n) is 11.4. The maximum atomic E-state index is 14.8. The fraction of sp³-hybridized carbons (Fsp3) is 0.542. The third-order valence-electron chi connectivity index (χ3n) is 6.20. The van der Waals surface area contributed by atoms with Crippen molar-refractivity contribution in [1.82, 2.24) is 15.3 Å². The number of nitrogens with zero attached hydrogens (tertiary/aromatic N) is 2. The topological polar surface area (TPSA) is 94.6 Å². The highest BCUT2D eigenvalue weighted by molar-refractivity contribution is 5.83. The Kier molecular flexibility index (Phi) is 7.30. The molecule has 1 amide bonds. The van der Waals surface area contributed by atoms with Crippen LogP contribution in [0.2, 0.25) is 0 Å². The van der Waals surface area contributed by atoms with Crippen LogP contribution in [0.1, 0.15) is 79.8 Å². The van der Waals surface area contributed by atoms with Crippen LogP contribution in [0.15, 0.2) is 18.2 Å². The van der Waals surface area contributed by atoms with Crippen molar-refractivity contribution in [3.05, 3.63) is 52.2 Å². The molecule has 11 heteroatoms. The van der Waals surface area contributed by atoms with E-state index < -0.39 is 36.2 Å². The number of hydrogen-bond donors (Lipinski definition) is 2. The lowest BCUT2D eigenvalue weighted by molar-refractivity contribution is -0.132. The average Bonchev–Trinajstić information content (AvgIpc) is 3.28. The van der Waals surface area contributed by atoms with Crippen molar-refractivity contribution in [1.29, 1.82) is 0 Å². The number of nitrogens with one attached hydrogen (secondary N) is 2. The number of aryl methyl sites for hydroxylation is 1. The third kappa shape index (κ3) is 5.41. The van der Waals surface area contributed by atoms with Gasteiger partial charge in [0.2, 0.25) is 0 Å². The van der Waals surface area contributed by atoms with Gasteiger partial charge in [-0.15, -0.1) is 0 Å². The molecule has 0 radical (unpaired) electrons. The molecule has 2 aromatic rings. The summed E-state index contributed by atoms with van der Waals surface area (Å²) < 4.78 is 58.2. The number of halogens is 3. The van der Waals surface area contributed by atoms with Gasteiger partial charge in [0.25, 0.3) is 12.3 Å². The van der Waals surface area contributed by atoms with Crippen molar-refractivity contribution >= 4 is 11.7 Å². The van der Waals surface area contributed by atoms with Gasteiger partial charge in [-0.05, 0) is 33.6 Å². The normalized spacial score (nSPS) is 19.0. The number of rotatable bonds is 9. The van der Waals surface area contributed by atoms with E-state index in [9.17, 15) is 18.0 Å². The van der Waals surface area contributed by atoms with E-state index in [-0.39, 0.29) is 28.5 Å². The van der Waals surface area contributed by atoms with Crippen molar-refractivity contribution in [3.63, 3.8) is 0 Å². The molecule has 8 nitrogen and oxygen atoms in total. The first-order chi connectivity index (χ1) is 16.6. The summed E-state index contributed by atoms with van der Waals surface area (Å²) in [5.41, 5.74) is -0.316. The smallest absolute Gasteiger partial charge is 0.266 e. The molecule has 1 aliphatic carbocycles. The maximum absolute atomic E-state index is 14.8. The highest BCUT2D eigenvalue weighted by Crippen LogP contribution is 2.39. The molecular weight excluding hydrogens is 465 g/mol. The molecule has 0 spiro atoms. The lowest BCUT2D eigenvalue weighted by atomic mass is 10.0. The standard InChI is InChI=1S/C24H29F3N4O4/c1-12(14-6-5-7-15(17(14)25)20(26)27)28-21-16(23-34-10-11-35-23)18(29-13(2)30-21)19(33-4)22(32)31-24(3)8-9-24/h5-7,12,19-20,23H,8-11H2,1-4H3,(H,31,32)(H,28,29,30)/t12-,19?/m1/s1. The molecule has 1 saturated heterocycles. The number of carbonyl (C=O) groups excluding carboxylic acids is 1. The van der Waals surface area contributed by atoms with Crippen molar-refractivity contribution < 1.29 is 32.2 Å². The van der Waals surface area contributed by atoms with Gasteiger partial charge in [0.15, 0.2) is 12.4 Å². The van der Waals surface area contributed by atoms with Crippen LogP contribution in [0.4, 0.5) is 19.0 Å². The molecule has 1 aliphatic heterocycles. The van der Waals surface area contributed by atoms with Crippen molar-refractivity contribution in [2.24, 2.45) is 0 Å². The summed E-state index contributed by atoms with van der Waals surface area (Å²) in [5.74, 6) is -0.790. The van der Waals surface area contributed by atoms with Crippen LogP contribution < -0.4 is 10.6 Å². The maximum Gasteiger partial charge on any atom is 0.266 e. The minimum Gasteiger partial charge on any atom is -0.365 e. The predicted molar refractivity (Wildman–Crippen MR) is 120 cm³/mol. The van der Waals surface area contributed by atoms with Crippen LogP contribution in [-0.4, -0.2) is 41.7 Å². The first-order valence-corrected chi connectivity index (χ1v) is 11.4. The molecule has 190 valence electrons. The zero-order valence-electron chi connectivity index (χ0n) is 20.0. The van der Waals surface area contributed by atoms with E-state index >= 15 is 0 Å². The molecule has 4 rings (SSSR count). The monoisotopic (exact) mass is 494 g/mol. The fourth-order valence-electron chi connectivity index (χ4n) is 4.04. The number of aromatic nitrogens is 2. The Morgan fingerprint density at radius 2 is 1.86 bits per heavy atom. The van der Waals surface area contributed by atoms with Gasteiger partial charge in [0.1, 0.15) is 17.5 Å². The first kappa shape index (κ1) is 25.3. The zero-order chi connectivity index (χ0) is 25.3. The SMILES string of the molecule is COC(C(=O)NC1(C)CC1)c1nc(C)nc(N[C@H](C)c2cccc(C(F)F)c2F)c1C1OCCO1. The molecule has 1 aromatic heterocycles. The summed E-state index contributed by atoms with van der Waals surface area (Å²) in [6.07, 6.45) is -3.17. The number of methoxy groups -OCH3 is 1. The van der Waals surface area contributed by atoms with Crippen LogP contribution in [0.25, 0.3) is 0 Å². The molecule has 1 saturated carbocycles. The van der Waals surface area contributed by atoms with Gasteiger partial charge in [0.05, 0.1) is 36.1 Å². The molecule has 2 atom stereocenters. The Bertz CT molecular complexity index is 1090. The molecule has 35 heavy (non-hydrogen) atoms. The number of anilines is 1. The lowest BCUT2D eigenvalue weighted by Crippen LogP contribution is -2.39. The van der Waals surface area contributed by atoms with Crippen molar-refractivity contribution in [2.75, 3.05) is 25.6 Å². The zero-order valence-corrected chi connectivity index (χ0v) is 20.0. The summed E-state index contributed by atoms with van der Waals surface area (Å²) in [5, 5.41) is 6.07. The van der Waals surface area contributed by atoms with Crippen LogP contribution in [0, 0.1) is 12.7 Å². The molecule has 1 aromatic carbocycles. The van der Waals surface area contributed by atoms with E-state index in [1.807, 2.05) is 6.92 Å². The van der Waals surface area contributed by atoms with Gasteiger partial charge >= 0.3 is 0 Å². The molecule has 2 N–H and O–H groups in total. The number of alkyl halides is 2. The largest absolute Gasteiger partial charge is 0.365 e. The Morgan fingerprint density at radius 3 is 2.46 bits per heavy atom. The molecule has 1 unspecified atom stereocenters. The highest BCUT2D eigenvalue weighted by Gasteiger charge is 2.42. The van der Waals surface area contributed by atoms with E-state index in [0.29, 0.717) is 24.6 Å². The van der Waals surface area contributed by atoms with Gasteiger partial charge in [0, 0.05) is 18.2 Å². The molecule has 2 heterocycles. The summed E-state index contributed by atoms with van der Waals surface area (Å²) in [7, 11) is 1.40. The van der Waals surface area contributed by atoms with Gasteiger partial charge in [-0.1, -0.05) is 18.2 Å². The second kappa shape index (κ2) is 10.1. The Balaban J connectivity index is 1.73. The summed E-state index contributed by atoms with van der Waals surface area (Å²) in [6.45, 7) is 5.85. The van der Waals surface area contributed by atoms with E-state index in [4.69, 9.17) is 14.2 Å². The summed E-state index contributed by atoms with van der Waals surface area (Å²) in [4.78, 5) is 22.0. The van der Waals surface area contributed by atoms with Crippen LogP contribution in [0.3, 0.4) is 0 Å². The highest BCUT2D eigenvalue weighted by atomic mass is 19.3. The predicted octanol–water partition coefficient (Wildman–Crippen LogP) is 4.44. The average molecular weight is 495 g/mol. The number of amides is 1. The number of hydrogen-bond acceptors (Lipinski definition) is 7. The molecule has 2 aliphatic rings. The minimum atomic E-state index is -2.94. The van der Waals surface area contributed by atoms with Crippen molar-refractivity contribution in [3.8, 4) is 0 Å². The van der Waals surface area contributed by atoms with Gasteiger partial charge in [-0.2, -0.15) is 0 Å². The second-order valence-electron chi connectivity index (χ2n) is 9.07. The molecule has 0 bridgehead atoms. The van der Waals surface area contributed by atoms with Crippen LogP contribution in [-0.2, 0) is 19.0 Å². The van der Waals surface area contributed by atoms with Gasteiger partial charge in [-0.25, -0.2) is 23.1 Å². The lowest BCUT2D eigenvalue weighted by Gasteiger charge is -2.26. The molecule has 2 fully saturated rings. The third-order valence-corrected chi connectivity index (χ3v) is 6.20. The second-order valence-corrected chi connectivity index (χ2v) is 9.07. The van der Waals surface area contributed by atoms with E-state index in [1.165, 1.54) is 19.2 Å². The number of carbonyl (C=O) groups is 1. The fourth-order valence-corrected chi connectivity index (χ4v) is 4.04. The van der Waals surface area contributed by atoms with Crippen LogP contribution in [0.5, 0.6) is 0 Å². The Hall–Kier alpha value is -2.76. The summed E-state index contributed by atoms with van der Waals surface area (Å²) in [6, 6.07) is 3.10. The van der Waals surface area contributed by atoms with Crippen LogP contribution >= 0.6 is 0 Å².